The maximum Gasteiger partial charge on any atom is 0.240 e. The predicted molar refractivity (Wildman–Crippen MR) is 109 cm³/mol. The molecule has 28 heavy (non-hydrogen) atoms. The summed E-state index contributed by atoms with van der Waals surface area (Å²) in [6.45, 7) is 6.37. The SMILES string of the molecule is COc1ccc(S(=O)(=O)NCCCN2CCC(C)CC2)cc1N1CCCC1=O. The van der Waals surface area contributed by atoms with Crippen LogP contribution in [-0.2, 0) is 14.8 Å². The van der Waals surface area contributed by atoms with E-state index < -0.39 is 10.0 Å². The number of piperidine rings is 1. The van der Waals surface area contributed by atoms with Crippen LogP contribution in [0.4, 0.5) is 5.69 Å². The Labute approximate surface area is 168 Å². The molecule has 1 N–H and O–H groups in total. The molecule has 0 aromatic heterocycles. The summed E-state index contributed by atoms with van der Waals surface area (Å²) in [6.07, 6.45) is 4.46. The van der Waals surface area contributed by atoms with Crippen molar-refractivity contribution in [3.8, 4) is 5.75 Å². The Bertz CT molecular complexity index is 789. The average molecular weight is 410 g/mol. The maximum absolute atomic E-state index is 12.7. The molecule has 156 valence electrons. The number of nitrogens with one attached hydrogen (secondary N) is 1. The fourth-order valence-corrected chi connectivity index (χ4v) is 4.92. The number of anilines is 1. The van der Waals surface area contributed by atoms with E-state index in [0.29, 0.717) is 30.9 Å². The molecule has 0 radical (unpaired) electrons. The molecule has 7 nitrogen and oxygen atoms in total. The summed E-state index contributed by atoms with van der Waals surface area (Å²) in [6, 6.07) is 4.68. The minimum Gasteiger partial charge on any atom is -0.495 e. The fourth-order valence-electron chi connectivity index (χ4n) is 3.83. The monoisotopic (exact) mass is 409 g/mol. The van der Waals surface area contributed by atoms with Gasteiger partial charge in [0.05, 0.1) is 17.7 Å². The van der Waals surface area contributed by atoms with Gasteiger partial charge in [-0.05, 0) is 69.4 Å². The molecule has 1 aromatic rings. The number of ether oxygens (including phenoxy) is 1. The highest BCUT2D eigenvalue weighted by Gasteiger charge is 2.26. The van der Waals surface area contributed by atoms with Crippen molar-refractivity contribution in [3.63, 3.8) is 0 Å². The minimum atomic E-state index is -3.63. The van der Waals surface area contributed by atoms with Gasteiger partial charge in [0.1, 0.15) is 5.75 Å². The molecular formula is C20H31N3O4S. The van der Waals surface area contributed by atoms with Crippen LogP contribution in [0, 0.1) is 5.92 Å². The Kier molecular flexibility index (Phi) is 6.95. The van der Waals surface area contributed by atoms with Crippen LogP contribution in [0.3, 0.4) is 0 Å². The number of sulfonamides is 1. The Balaban J connectivity index is 1.60. The highest BCUT2D eigenvalue weighted by Crippen LogP contribution is 2.33. The molecule has 0 aliphatic carbocycles. The van der Waals surface area contributed by atoms with Crippen molar-refractivity contribution in [3.05, 3.63) is 18.2 Å². The zero-order chi connectivity index (χ0) is 20.1. The van der Waals surface area contributed by atoms with E-state index in [-0.39, 0.29) is 10.8 Å². The van der Waals surface area contributed by atoms with Crippen molar-refractivity contribution in [2.75, 3.05) is 44.7 Å². The van der Waals surface area contributed by atoms with Gasteiger partial charge in [0.15, 0.2) is 0 Å². The zero-order valence-corrected chi connectivity index (χ0v) is 17.6. The van der Waals surface area contributed by atoms with Crippen LogP contribution in [0.25, 0.3) is 0 Å². The quantitative estimate of drug-likeness (QED) is 0.666. The van der Waals surface area contributed by atoms with Gasteiger partial charge in [-0.3, -0.25) is 4.79 Å². The van der Waals surface area contributed by atoms with E-state index in [0.717, 1.165) is 38.4 Å². The van der Waals surface area contributed by atoms with E-state index in [1.807, 2.05) is 0 Å². The van der Waals surface area contributed by atoms with Crippen molar-refractivity contribution in [2.45, 2.75) is 43.9 Å². The van der Waals surface area contributed by atoms with E-state index in [1.54, 1.807) is 11.0 Å². The highest BCUT2D eigenvalue weighted by molar-refractivity contribution is 7.89. The van der Waals surface area contributed by atoms with Gasteiger partial charge in [0, 0.05) is 19.5 Å². The second-order valence-corrected chi connectivity index (χ2v) is 9.53. The summed E-state index contributed by atoms with van der Waals surface area (Å²) >= 11 is 0. The average Bonchev–Trinajstić information content (AvgIpc) is 3.12. The number of rotatable bonds is 8. The molecule has 2 aliphatic rings. The van der Waals surface area contributed by atoms with Crippen LogP contribution >= 0.6 is 0 Å². The second-order valence-electron chi connectivity index (χ2n) is 7.76. The topological polar surface area (TPSA) is 79.0 Å². The number of nitrogens with zero attached hydrogens (tertiary/aromatic N) is 2. The van der Waals surface area contributed by atoms with Crippen LogP contribution in [0.5, 0.6) is 5.75 Å². The van der Waals surface area contributed by atoms with Gasteiger partial charge in [-0.1, -0.05) is 6.92 Å². The number of amides is 1. The van der Waals surface area contributed by atoms with Crippen molar-refractivity contribution in [2.24, 2.45) is 5.92 Å². The number of hydrogen-bond donors (Lipinski definition) is 1. The van der Waals surface area contributed by atoms with Gasteiger partial charge < -0.3 is 14.5 Å². The van der Waals surface area contributed by atoms with E-state index in [9.17, 15) is 13.2 Å². The van der Waals surface area contributed by atoms with E-state index in [4.69, 9.17) is 4.74 Å². The van der Waals surface area contributed by atoms with Crippen LogP contribution < -0.4 is 14.4 Å². The number of likely N-dealkylation sites (tertiary alicyclic amines) is 1. The number of methoxy groups -OCH3 is 1. The van der Waals surface area contributed by atoms with Gasteiger partial charge in [-0.15, -0.1) is 0 Å². The van der Waals surface area contributed by atoms with Gasteiger partial charge >= 0.3 is 0 Å². The Morgan fingerprint density at radius 3 is 2.61 bits per heavy atom. The van der Waals surface area contributed by atoms with Gasteiger partial charge in [0.2, 0.25) is 15.9 Å². The lowest BCUT2D eigenvalue weighted by molar-refractivity contribution is -0.117. The lowest BCUT2D eigenvalue weighted by atomic mass is 9.99. The standard InChI is InChI=1S/C20H31N3O4S/c1-16-8-13-22(14-9-16)11-4-10-21-28(25,26)17-6-7-19(27-2)18(15-17)23-12-3-5-20(23)24/h6-7,15-16,21H,3-5,8-14H2,1-2H3. The molecule has 2 saturated heterocycles. The summed E-state index contributed by atoms with van der Waals surface area (Å²) in [5.74, 6) is 1.30. The summed E-state index contributed by atoms with van der Waals surface area (Å²) in [5, 5.41) is 0. The van der Waals surface area contributed by atoms with Gasteiger partial charge in [-0.25, -0.2) is 13.1 Å². The molecule has 3 rings (SSSR count). The third-order valence-electron chi connectivity index (χ3n) is 5.64. The fraction of sp³-hybridized carbons (Fsp3) is 0.650. The minimum absolute atomic E-state index is 0.00310. The van der Waals surface area contributed by atoms with Crippen LogP contribution in [0.1, 0.15) is 39.0 Å². The second kappa shape index (κ2) is 9.24. The van der Waals surface area contributed by atoms with Crippen LogP contribution in [-0.4, -0.2) is 59.1 Å². The molecule has 1 amide bonds. The molecule has 2 aliphatic heterocycles. The smallest absolute Gasteiger partial charge is 0.240 e. The molecule has 0 unspecified atom stereocenters. The third-order valence-corrected chi connectivity index (χ3v) is 7.10. The molecule has 0 bridgehead atoms. The van der Waals surface area contributed by atoms with E-state index in [2.05, 4.69) is 16.5 Å². The predicted octanol–water partition coefficient (Wildman–Crippen LogP) is 2.22. The molecule has 0 saturated carbocycles. The number of benzene rings is 1. The van der Waals surface area contributed by atoms with Crippen molar-refractivity contribution in [1.82, 2.24) is 9.62 Å². The van der Waals surface area contributed by atoms with E-state index in [1.165, 1.54) is 32.1 Å². The molecule has 1 aromatic carbocycles. The molecule has 0 spiro atoms. The summed E-state index contributed by atoms with van der Waals surface area (Å²) < 4.78 is 33.4. The van der Waals surface area contributed by atoms with Crippen LogP contribution in [0.15, 0.2) is 23.1 Å². The normalized spacial score (nSPS) is 19.4. The number of carbonyl (C=O) groups excluding carboxylic acids is 1. The van der Waals surface area contributed by atoms with Gasteiger partial charge in [-0.2, -0.15) is 0 Å². The summed E-state index contributed by atoms with van der Waals surface area (Å²) in [5.41, 5.74) is 0.523. The summed E-state index contributed by atoms with van der Waals surface area (Å²) in [7, 11) is -2.11. The lowest BCUT2D eigenvalue weighted by Gasteiger charge is -2.30. The van der Waals surface area contributed by atoms with Crippen LogP contribution in [0.2, 0.25) is 0 Å². The first kappa shape index (κ1) is 21.1. The Hall–Kier alpha value is -1.64. The highest BCUT2D eigenvalue weighted by atomic mass is 32.2. The maximum atomic E-state index is 12.7. The first-order chi connectivity index (χ1) is 13.4. The largest absolute Gasteiger partial charge is 0.495 e. The molecule has 2 fully saturated rings. The lowest BCUT2D eigenvalue weighted by Crippen LogP contribution is -2.35. The number of carbonyl (C=O) groups is 1. The van der Waals surface area contributed by atoms with E-state index >= 15 is 0 Å². The number of hydrogen-bond acceptors (Lipinski definition) is 5. The van der Waals surface area contributed by atoms with Crippen molar-refractivity contribution < 1.29 is 17.9 Å². The molecule has 8 heteroatoms. The summed E-state index contributed by atoms with van der Waals surface area (Å²) in [4.78, 5) is 16.3. The Morgan fingerprint density at radius 2 is 1.96 bits per heavy atom. The third kappa shape index (κ3) is 5.04. The van der Waals surface area contributed by atoms with Gasteiger partial charge in [0.25, 0.3) is 0 Å². The van der Waals surface area contributed by atoms with Crippen molar-refractivity contribution >= 4 is 21.6 Å². The molecule has 0 atom stereocenters. The first-order valence-electron chi connectivity index (χ1n) is 10.1. The Morgan fingerprint density at radius 1 is 1.21 bits per heavy atom. The zero-order valence-electron chi connectivity index (χ0n) is 16.8. The van der Waals surface area contributed by atoms with Crippen molar-refractivity contribution in [1.29, 1.82) is 0 Å². The first-order valence-corrected chi connectivity index (χ1v) is 11.6. The molecule has 2 heterocycles. The molecular weight excluding hydrogens is 378 g/mol.